The van der Waals surface area contributed by atoms with Gasteiger partial charge in [0.1, 0.15) is 6.04 Å². The number of nitrogens with one attached hydrogen (secondary N) is 3. The van der Waals surface area contributed by atoms with Crippen molar-refractivity contribution in [1.29, 1.82) is 0 Å². The molecule has 14 heteroatoms. The molecule has 4 aliphatic heterocycles. The maximum atomic E-state index is 13.3. The molecule has 0 spiro atoms. The fourth-order valence-electron chi connectivity index (χ4n) is 7.36. The van der Waals surface area contributed by atoms with Crippen LogP contribution in [0.4, 0.5) is 26.7 Å². The Hall–Kier alpha value is -3.36. The topological polar surface area (TPSA) is 138 Å². The van der Waals surface area contributed by atoms with Gasteiger partial charge in [0.25, 0.3) is 0 Å². The number of nitrogens with zero attached hydrogens (tertiary/aromatic N) is 4. The summed E-state index contributed by atoms with van der Waals surface area (Å²) in [4.78, 5) is 58.9. The largest absolute Gasteiger partial charge is 0.478 e. The van der Waals surface area contributed by atoms with Gasteiger partial charge in [-0.1, -0.05) is 12.5 Å². The molecule has 3 saturated heterocycles. The molecule has 4 aliphatic rings. The molecule has 3 fully saturated rings. The highest BCUT2D eigenvalue weighted by Crippen LogP contribution is 2.36. The van der Waals surface area contributed by atoms with Gasteiger partial charge in [0, 0.05) is 65.1 Å². The lowest BCUT2D eigenvalue weighted by Crippen LogP contribution is -2.51. The van der Waals surface area contributed by atoms with Crippen molar-refractivity contribution in [2.75, 3.05) is 55.2 Å². The zero-order chi connectivity index (χ0) is 33.9. The van der Waals surface area contributed by atoms with E-state index in [1.54, 1.807) is 21.9 Å². The van der Waals surface area contributed by atoms with Crippen molar-refractivity contribution in [2.45, 2.75) is 76.5 Å². The van der Waals surface area contributed by atoms with Crippen molar-refractivity contribution in [2.24, 2.45) is 0 Å². The average Bonchev–Trinajstić information content (AvgIpc) is 3.09. The second-order valence-corrected chi connectivity index (χ2v) is 14.9. The first kappa shape index (κ1) is 34.5. The second kappa shape index (κ2) is 15.0. The van der Waals surface area contributed by atoms with Gasteiger partial charge in [0.2, 0.25) is 5.91 Å². The molecule has 1 atom stereocenters. The summed E-state index contributed by atoms with van der Waals surface area (Å²) >= 11 is 7.21. The van der Waals surface area contributed by atoms with E-state index in [0.29, 0.717) is 58.8 Å². The van der Waals surface area contributed by atoms with Gasteiger partial charge in [-0.2, -0.15) is 0 Å². The summed E-state index contributed by atoms with van der Waals surface area (Å²) in [5.74, 6) is -0.944. The minimum Gasteiger partial charge on any atom is -0.478 e. The number of urea groups is 2. The second-order valence-electron chi connectivity index (χ2n) is 13.2. The average molecular weight is 790 g/mol. The van der Waals surface area contributed by atoms with E-state index in [1.807, 2.05) is 24.0 Å². The van der Waals surface area contributed by atoms with Crippen molar-refractivity contribution in [3.63, 3.8) is 0 Å². The maximum absolute atomic E-state index is 13.3. The Balaban J connectivity index is 0.985. The van der Waals surface area contributed by atoms with E-state index in [2.05, 4.69) is 52.7 Å². The first-order chi connectivity index (χ1) is 23.1. The minimum atomic E-state index is -1.04. The SMILES string of the molecule is C[C@H](Nc1cc(Br)c(NC(=O)N2CCC(N3Cc4ccc(C(=O)O)cc4NC3=O)CC2)c(Br)c1)C(=O)N1CCC(N2CCCCC2)CC1. The number of anilines is 3. The van der Waals surface area contributed by atoms with E-state index in [9.17, 15) is 24.3 Å². The van der Waals surface area contributed by atoms with Crippen molar-refractivity contribution in [3.05, 3.63) is 50.4 Å². The van der Waals surface area contributed by atoms with Crippen LogP contribution in [0.5, 0.6) is 0 Å². The summed E-state index contributed by atoms with van der Waals surface area (Å²) in [5.41, 5.74) is 2.87. The molecule has 6 rings (SSSR count). The first-order valence-electron chi connectivity index (χ1n) is 16.9. The lowest BCUT2D eigenvalue weighted by atomic mass is 9.99. The number of amides is 5. The number of hydrogen-bond donors (Lipinski definition) is 4. The number of rotatable bonds is 7. The van der Waals surface area contributed by atoms with Crippen LogP contribution in [0.15, 0.2) is 39.3 Å². The van der Waals surface area contributed by atoms with E-state index in [0.717, 1.165) is 37.2 Å². The third-order valence-corrected chi connectivity index (χ3v) is 11.4. The zero-order valence-electron chi connectivity index (χ0n) is 27.1. The quantitative estimate of drug-likeness (QED) is 0.261. The number of piperidine rings is 3. The standard InChI is InChI=1S/C34H43Br2N7O5/c1-21(31(44)41-13-7-25(8-14-41)40-11-3-2-4-12-40)37-24-18-27(35)30(28(36)19-24)39-33(47)42-15-9-26(10-16-42)43-20-23-6-5-22(32(45)46)17-29(23)38-34(43)48/h5-6,17-19,21,25-26,37H,2-4,7-16,20H2,1H3,(H,38,48)(H,39,47)(H,45,46)/t21-/m0/s1. The van der Waals surface area contributed by atoms with Crippen molar-refractivity contribution < 1.29 is 24.3 Å². The van der Waals surface area contributed by atoms with Gasteiger partial charge in [-0.25, -0.2) is 14.4 Å². The summed E-state index contributed by atoms with van der Waals surface area (Å²) in [5, 5.41) is 18.4. The Morgan fingerprint density at radius 1 is 0.875 bits per heavy atom. The number of fused-ring (bicyclic) bond motifs is 1. The Labute approximate surface area is 297 Å². The molecule has 258 valence electrons. The molecule has 4 N–H and O–H groups in total. The Bertz CT molecular complexity index is 1530. The number of likely N-dealkylation sites (tertiary alicyclic amines) is 3. The van der Waals surface area contributed by atoms with Crippen LogP contribution >= 0.6 is 31.9 Å². The highest BCUT2D eigenvalue weighted by molar-refractivity contribution is 9.11. The van der Waals surface area contributed by atoms with Gasteiger partial charge in [-0.15, -0.1) is 0 Å². The molecule has 5 amide bonds. The number of aromatic carboxylic acids is 1. The Morgan fingerprint density at radius 2 is 1.50 bits per heavy atom. The van der Waals surface area contributed by atoms with Crippen molar-refractivity contribution in [3.8, 4) is 0 Å². The molecule has 0 aliphatic carbocycles. The summed E-state index contributed by atoms with van der Waals surface area (Å²) in [6, 6.07) is 8.15. The van der Waals surface area contributed by atoms with Gasteiger partial charge in [-0.05, 0) is 120 Å². The minimum absolute atomic E-state index is 0.0455. The molecule has 0 aromatic heterocycles. The van der Waals surface area contributed by atoms with Crippen LogP contribution in [0.3, 0.4) is 0 Å². The van der Waals surface area contributed by atoms with Crippen LogP contribution in [-0.2, 0) is 11.3 Å². The molecule has 4 heterocycles. The molecule has 0 unspecified atom stereocenters. The number of carboxylic acid groups (broad SMARTS) is 1. The molecule has 12 nitrogen and oxygen atoms in total. The van der Waals surface area contributed by atoms with Crippen LogP contribution < -0.4 is 16.0 Å². The number of carbonyl (C=O) groups excluding carboxylic acids is 3. The molecule has 0 saturated carbocycles. The Kier molecular flexibility index (Phi) is 10.8. The molecular formula is C34H43Br2N7O5. The summed E-state index contributed by atoms with van der Waals surface area (Å²) in [6.07, 6.45) is 7.19. The lowest BCUT2D eigenvalue weighted by molar-refractivity contribution is -0.133. The van der Waals surface area contributed by atoms with E-state index in [-0.39, 0.29) is 29.6 Å². The predicted molar refractivity (Wildman–Crippen MR) is 192 cm³/mol. The normalized spacial score (nSPS) is 20.1. The lowest BCUT2D eigenvalue weighted by Gasteiger charge is -2.40. The number of hydrogen-bond acceptors (Lipinski definition) is 6. The van der Waals surface area contributed by atoms with Crippen LogP contribution in [0, 0.1) is 0 Å². The van der Waals surface area contributed by atoms with Crippen LogP contribution in [0.1, 0.15) is 67.8 Å². The summed E-state index contributed by atoms with van der Waals surface area (Å²) < 4.78 is 1.36. The number of carboxylic acids is 1. The number of halogens is 2. The Morgan fingerprint density at radius 3 is 2.15 bits per heavy atom. The smallest absolute Gasteiger partial charge is 0.335 e. The summed E-state index contributed by atoms with van der Waals surface area (Å²) in [7, 11) is 0. The van der Waals surface area contributed by atoms with Gasteiger partial charge < -0.3 is 40.7 Å². The van der Waals surface area contributed by atoms with Crippen LogP contribution in [-0.4, -0.2) is 106 Å². The van der Waals surface area contributed by atoms with E-state index in [4.69, 9.17) is 0 Å². The third-order valence-electron chi connectivity index (χ3n) is 10.1. The van der Waals surface area contributed by atoms with Gasteiger partial charge >= 0.3 is 18.0 Å². The van der Waals surface area contributed by atoms with E-state index < -0.39 is 12.0 Å². The van der Waals surface area contributed by atoms with Gasteiger partial charge in [0.05, 0.1) is 11.3 Å². The molecule has 48 heavy (non-hydrogen) atoms. The van der Waals surface area contributed by atoms with Crippen molar-refractivity contribution in [1.82, 2.24) is 19.6 Å². The predicted octanol–water partition coefficient (Wildman–Crippen LogP) is 6.23. The van der Waals surface area contributed by atoms with Crippen LogP contribution in [0.2, 0.25) is 0 Å². The van der Waals surface area contributed by atoms with E-state index >= 15 is 0 Å². The zero-order valence-corrected chi connectivity index (χ0v) is 30.3. The number of carbonyl (C=O) groups is 4. The summed E-state index contributed by atoms with van der Waals surface area (Å²) in [6.45, 7) is 7.19. The molecule has 2 aromatic carbocycles. The van der Waals surface area contributed by atoms with Gasteiger partial charge in [0.15, 0.2) is 0 Å². The fourth-order valence-corrected chi connectivity index (χ4v) is 8.75. The highest BCUT2D eigenvalue weighted by atomic mass is 79.9. The third kappa shape index (κ3) is 7.76. The van der Waals surface area contributed by atoms with E-state index in [1.165, 1.54) is 38.4 Å². The van der Waals surface area contributed by atoms with Gasteiger partial charge in [-0.3, -0.25) is 4.79 Å². The molecule has 0 radical (unpaired) electrons. The van der Waals surface area contributed by atoms with Crippen LogP contribution in [0.25, 0.3) is 0 Å². The molecule has 0 bridgehead atoms. The highest BCUT2D eigenvalue weighted by Gasteiger charge is 2.34. The fraction of sp³-hybridized carbons (Fsp3) is 0.529. The molecular weight excluding hydrogens is 746 g/mol. The monoisotopic (exact) mass is 787 g/mol. The maximum Gasteiger partial charge on any atom is 0.335 e. The first-order valence-corrected chi connectivity index (χ1v) is 18.4. The van der Waals surface area contributed by atoms with Crippen molar-refractivity contribution >= 4 is 72.9 Å². The number of benzene rings is 2. The molecule has 2 aromatic rings.